The normalized spacial score (nSPS) is 16.3. The van der Waals surface area contributed by atoms with Gasteiger partial charge >= 0.3 is 0 Å². The van der Waals surface area contributed by atoms with Crippen molar-refractivity contribution in [2.24, 2.45) is 0 Å². The molecule has 1 aromatic rings. The quantitative estimate of drug-likeness (QED) is 0.708. The molecule has 1 heterocycles. The molecule has 0 bridgehead atoms. The summed E-state index contributed by atoms with van der Waals surface area (Å²) in [5, 5.41) is 2.91. The van der Waals surface area contributed by atoms with Gasteiger partial charge in [0.15, 0.2) is 0 Å². The third-order valence-corrected chi connectivity index (χ3v) is 3.92. The number of amides is 1. The molecule has 0 saturated heterocycles. The second-order valence-electron chi connectivity index (χ2n) is 5.52. The average Bonchev–Trinajstić information content (AvgIpc) is 3.03. The number of anilines is 1. The number of pyridine rings is 1. The first-order chi connectivity index (χ1) is 11.2. The largest absolute Gasteiger partial charge is 0.475 e. The number of carbonyl (C=O) groups excluding carboxylic acids is 1. The van der Waals surface area contributed by atoms with Crippen LogP contribution >= 0.6 is 0 Å². The monoisotopic (exact) mass is 322 g/mol. The first kappa shape index (κ1) is 17.7. The van der Waals surface area contributed by atoms with Crippen molar-refractivity contribution in [1.82, 2.24) is 4.98 Å². The lowest BCUT2D eigenvalue weighted by molar-refractivity contribution is -0.140. The van der Waals surface area contributed by atoms with E-state index < -0.39 is 5.60 Å². The summed E-state index contributed by atoms with van der Waals surface area (Å²) in [5.41, 5.74) is -0.0281. The van der Waals surface area contributed by atoms with E-state index in [-0.39, 0.29) is 5.91 Å². The molecule has 1 aliphatic carbocycles. The molecule has 0 unspecified atom stereocenters. The minimum absolute atomic E-state index is 0.0799. The Kier molecular flexibility index (Phi) is 6.80. The lowest BCUT2D eigenvalue weighted by Gasteiger charge is -2.27. The number of hydrogen-bond donors (Lipinski definition) is 1. The molecular weight excluding hydrogens is 296 g/mol. The number of nitrogens with one attached hydrogen (secondary N) is 1. The van der Waals surface area contributed by atoms with Gasteiger partial charge in [-0.1, -0.05) is 0 Å². The van der Waals surface area contributed by atoms with Crippen LogP contribution in [-0.4, -0.2) is 42.9 Å². The summed E-state index contributed by atoms with van der Waals surface area (Å²) in [4.78, 5) is 16.7. The molecular formula is C17H26N2O4. The van der Waals surface area contributed by atoms with Crippen LogP contribution in [0.5, 0.6) is 5.88 Å². The first-order valence-electron chi connectivity index (χ1n) is 8.32. The molecule has 6 nitrogen and oxygen atoms in total. The lowest BCUT2D eigenvalue weighted by atomic mass is 10.0. The smallest absolute Gasteiger partial charge is 0.256 e. The molecule has 0 atom stereocenters. The topological polar surface area (TPSA) is 69.7 Å². The van der Waals surface area contributed by atoms with Gasteiger partial charge in [-0.3, -0.25) is 4.79 Å². The molecule has 1 amide bonds. The molecule has 6 heteroatoms. The molecule has 1 aliphatic rings. The highest BCUT2D eigenvalue weighted by atomic mass is 16.5. The lowest BCUT2D eigenvalue weighted by Crippen LogP contribution is -2.43. The van der Waals surface area contributed by atoms with Crippen LogP contribution in [0.3, 0.4) is 0 Å². The van der Waals surface area contributed by atoms with Crippen molar-refractivity contribution in [3.05, 3.63) is 18.3 Å². The van der Waals surface area contributed by atoms with Gasteiger partial charge in [-0.2, -0.15) is 0 Å². The molecule has 2 rings (SSSR count). The van der Waals surface area contributed by atoms with Crippen molar-refractivity contribution in [2.75, 3.05) is 31.7 Å². The van der Waals surface area contributed by atoms with E-state index in [1.54, 1.807) is 18.3 Å². The fourth-order valence-electron chi connectivity index (χ4n) is 2.79. The molecule has 0 aliphatic heterocycles. The summed E-state index contributed by atoms with van der Waals surface area (Å²) in [6.07, 6.45) is 5.20. The molecule has 1 fully saturated rings. The number of rotatable bonds is 9. The van der Waals surface area contributed by atoms with Crippen molar-refractivity contribution in [2.45, 2.75) is 45.1 Å². The first-order valence-corrected chi connectivity index (χ1v) is 8.32. The molecule has 1 N–H and O–H groups in total. The van der Waals surface area contributed by atoms with Gasteiger partial charge in [0.2, 0.25) is 5.88 Å². The van der Waals surface area contributed by atoms with Crippen LogP contribution in [0, 0.1) is 0 Å². The fraction of sp³-hybridized carbons (Fsp3) is 0.647. The molecule has 0 aromatic carbocycles. The molecule has 23 heavy (non-hydrogen) atoms. The molecule has 1 saturated carbocycles. The second kappa shape index (κ2) is 8.84. The van der Waals surface area contributed by atoms with E-state index in [1.807, 2.05) is 13.8 Å². The van der Waals surface area contributed by atoms with Crippen LogP contribution < -0.4 is 10.1 Å². The maximum Gasteiger partial charge on any atom is 0.256 e. The third-order valence-electron chi connectivity index (χ3n) is 3.92. The number of ether oxygens (including phenoxy) is 3. The van der Waals surface area contributed by atoms with Crippen molar-refractivity contribution in [1.29, 1.82) is 0 Å². The van der Waals surface area contributed by atoms with Gasteiger partial charge in [-0.25, -0.2) is 4.98 Å². The van der Waals surface area contributed by atoms with Gasteiger partial charge in [0.25, 0.3) is 5.91 Å². The Morgan fingerprint density at radius 3 is 2.61 bits per heavy atom. The highest BCUT2D eigenvalue weighted by Gasteiger charge is 2.41. The van der Waals surface area contributed by atoms with Gasteiger partial charge in [-0.05, 0) is 45.6 Å². The van der Waals surface area contributed by atoms with E-state index in [9.17, 15) is 4.79 Å². The van der Waals surface area contributed by atoms with Crippen LogP contribution in [0.2, 0.25) is 0 Å². The number of carbonyl (C=O) groups is 1. The van der Waals surface area contributed by atoms with Gasteiger partial charge in [0.05, 0.1) is 18.5 Å². The van der Waals surface area contributed by atoms with E-state index in [0.29, 0.717) is 38.0 Å². The second-order valence-corrected chi connectivity index (χ2v) is 5.52. The Balaban J connectivity index is 1.88. The number of hydrogen-bond acceptors (Lipinski definition) is 5. The zero-order valence-electron chi connectivity index (χ0n) is 14.0. The summed E-state index contributed by atoms with van der Waals surface area (Å²) >= 11 is 0. The summed E-state index contributed by atoms with van der Waals surface area (Å²) in [5.74, 6) is 0.437. The van der Waals surface area contributed by atoms with E-state index in [2.05, 4.69) is 10.3 Å². The average molecular weight is 322 g/mol. The van der Waals surface area contributed by atoms with Gasteiger partial charge in [0.1, 0.15) is 12.2 Å². The van der Waals surface area contributed by atoms with Crippen LogP contribution in [0.25, 0.3) is 0 Å². The predicted octanol–water partition coefficient (Wildman–Crippen LogP) is 2.78. The zero-order chi connectivity index (χ0) is 16.5. The van der Waals surface area contributed by atoms with Crippen molar-refractivity contribution in [3.63, 3.8) is 0 Å². The summed E-state index contributed by atoms with van der Waals surface area (Å²) in [6.45, 7) is 6.06. The van der Waals surface area contributed by atoms with E-state index in [1.165, 1.54) is 0 Å². The Labute approximate surface area is 137 Å². The van der Waals surface area contributed by atoms with E-state index in [0.717, 1.165) is 25.7 Å². The van der Waals surface area contributed by atoms with Gasteiger partial charge in [0, 0.05) is 19.3 Å². The summed E-state index contributed by atoms with van der Waals surface area (Å²) in [6, 6.07) is 3.53. The van der Waals surface area contributed by atoms with Crippen molar-refractivity contribution < 1.29 is 19.0 Å². The summed E-state index contributed by atoms with van der Waals surface area (Å²) < 4.78 is 16.4. The van der Waals surface area contributed by atoms with Crippen LogP contribution in [0.4, 0.5) is 5.69 Å². The highest BCUT2D eigenvalue weighted by Crippen LogP contribution is 2.34. The van der Waals surface area contributed by atoms with Gasteiger partial charge < -0.3 is 19.5 Å². The maximum atomic E-state index is 12.5. The fourth-order valence-corrected chi connectivity index (χ4v) is 2.79. The Hall–Kier alpha value is -1.66. The van der Waals surface area contributed by atoms with Crippen LogP contribution in [0.15, 0.2) is 18.3 Å². The molecule has 128 valence electrons. The maximum absolute atomic E-state index is 12.5. The van der Waals surface area contributed by atoms with Gasteiger partial charge in [-0.15, -0.1) is 0 Å². The molecule has 0 radical (unpaired) electrons. The van der Waals surface area contributed by atoms with E-state index >= 15 is 0 Å². The predicted molar refractivity (Wildman–Crippen MR) is 87.7 cm³/mol. The highest BCUT2D eigenvalue weighted by molar-refractivity contribution is 5.97. The Bertz CT molecular complexity index is 484. The minimum Gasteiger partial charge on any atom is -0.475 e. The minimum atomic E-state index is -0.679. The number of aromatic nitrogens is 1. The molecule has 0 spiro atoms. The Morgan fingerprint density at radius 2 is 2.00 bits per heavy atom. The van der Waals surface area contributed by atoms with Crippen LogP contribution in [0.1, 0.15) is 39.5 Å². The summed E-state index contributed by atoms with van der Waals surface area (Å²) in [7, 11) is 0. The Morgan fingerprint density at radius 1 is 1.22 bits per heavy atom. The molecule has 1 aromatic heterocycles. The van der Waals surface area contributed by atoms with E-state index in [4.69, 9.17) is 14.2 Å². The van der Waals surface area contributed by atoms with Crippen molar-refractivity contribution >= 4 is 11.6 Å². The SMILES string of the molecule is CCOCCOc1ccc(NC(=O)C2(OCC)CCCC2)cn1. The van der Waals surface area contributed by atoms with Crippen molar-refractivity contribution in [3.8, 4) is 5.88 Å². The van der Waals surface area contributed by atoms with Crippen LogP contribution in [-0.2, 0) is 14.3 Å². The third kappa shape index (κ3) is 4.91. The zero-order valence-corrected chi connectivity index (χ0v) is 14.0. The standard InChI is InChI=1S/C17H26N2O4/c1-3-21-11-12-22-15-8-7-14(13-18-15)19-16(20)17(23-4-2)9-5-6-10-17/h7-8,13H,3-6,9-12H2,1-2H3,(H,19,20). The number of nitrogens with zero attached hydrogens (tertiary/aromatic N) is 1.